The molecule has 2 heterocycles. The summed E-state index contributed by atoms with van der Waals surface area (Å²) in [4.78, 5) is 25.9. The normalized spacial score (nSPS) is 21.7. The third kappa shape index (κ3) is 7.27. The number of carbonyl (C=O) groups excluding carboxylic acids is 2. The first-order valence-corrected chi connectivity index (χ1v) is 11.9. The number of anilines is 1. The first kappa shape index (κ1) is 25.3. The minimum atomic E-state index is -3.85. The Morgan fingerprint density at radius 3 is 2.55 bits per heavy atom. The van der Waals surface area contributed by atoms with Crippen LogP contribution in [0.1, 0.15) is 38.8 Å². The standard InChI is InChI=1S/C16H24N4O3S.C5H10O2/c1-11-3-4-13-8-16(24(17,22)23)20(14(13)7-11)15(21)10-19-6-5-18-12(2)9-19;1-5(2,3)7-4-6/h3-4,7,12,16,18H,5-6,8-10H2,1-2H3,(H2,17,22,23);4H,1-3H3. The van der Waals surface area contributed by atoms with E-state index < -0.39 is 15.4 Å². The second-order valence-electron chi connectivity index (χ2n) is 9.06. The van der Waals surface area contributed by atoms with E-state index in [9.17, 15) is 18.0 Å². The summed E-state index contributed by atoms with van der Waals surface area (Å²) in [5, 5.41) is 7.71. The molecule has 1 fully saturated rings. The molecule has 10 heteroatoms. The number of carbonyl (C=O) groups is 2. The van der Waals surface area contributed by atoms with Gasteiger partial charge in [-0.2, -0.15) is 0 Å². The van der Waals surface area contributed by atoms with E-state index in [1.807, 2.05) is 45.9 Å². The van der Waals surface area contributed by atoms with Crippen LogP contribution in [0.3, 0.4) is 0 Å². The summed E-state index contributed by atoms with van der Waals surface area (Å²) in [6.07, 6.45) is 0.248. The first-order chi connectivity index (χ1) is 14.3. The molecule has 0 spiro atoms. The third-order valence-electron chi connectivity index (χ3n) is 5.04. The highest BCUT2D eigenvalue weighted by Gasteiger charge is 2.40. The minimum Gasteiger partial charge on any atom is -0.462 e. The van der Waals surface area contributed by atoms with Crippen molar-refractivity contribution in [1.29, 1.82) is 0 Å². The second kappa shape index (κ2) is 10.1. The van der Waals surface area contributed by atoms with Gasteiger partial charge in [0.25, 0.3) is 6.47 Å². The third-order valence-corrected chi connectivity index (χ3v) is 6.18. The summed E-state index contributed by atoms with van der Waals surface area (Å²) in [7, 11) is -3.85. The SMILES string of the molecule is CC(C)(C)OC=O.Cc1ccc2c(c1)N(C(=O)CN1CCNC(C)C1)C(S(N)(=O)=O)C2. The Hall–Kier alpha value is -2.01. The van der Waals surface area contributed by atoms with Crippen molar-refractivity contribution in [2.75, 3.05) is 31.1 Å². The Morgan fingerprint density at radius 2 is 2.03 bits per heavy atom. The maximum absolute atomic E-state index is 12.9. The topological polar surface area (TPSA) is 122 Å². The van der Waals surface area contributed by atoms with Crippen LogP contribution in [0.2, 0.25) is 0 Å². The molecule has 0 bridgehead atoms. The van der Waals surface area contributed by atoms with Crippen LogP contribution in [0.5, 0.6) is 0 Å². The van der Waals surface area contributed by atoms with Gasteiger partial charge in [0.15, 0.2) is 5.37 Å². The Morgan fingerprint density at radius 1 is 1.35 bits per heavy atom. The zero-order chi connectivity index (χ0) is 23.4. The van der Waals surface area contributed by atoms with Crippen molar-refractivity contribution in [2.45, 2.75) is 58.1 Å². The number of benzene rings is 1. The molecule has 0 aliphatic carbocycles. The number of amides is 1. The molecule has 0 saturated carbocycles. The summed E-state index contributed by atoms with van der Waals surface area (Å²) in [5.74, 6) is -0.215. The number of hydrogen-bond acceptors (Lipinski definition) is 7. The van der Waals surface area contributed by atoms with Crippen LogP contribution in [-0.4, -0.2) is 68.9 Å². The monoisotopic (exact) mass is 454 g/mol. The molecule has 0 radical (unpaired) electrons. The second-order valence-corrected chi connectivity index (χ2v) is 10.8. The van der Waals surface area contributed by atoms with Gasteiger partial charge in [-0.05, 0) is 51.8 Å². The average Bonchev–Trinajstić information content (AvgIpc) is 3.00. The van der Waals surface area contributed by atoms with Gasteiger partial charge in [0.1, 0.15) is 5.60 Å². The van der Waals surface area contributed by atoms with Gasteiger partial charge >= 0.3 is 0 Å². The quantitative estimate of drug-likeness (QED) is 0.644. The molecule has 1 saturated heterocycles. The summed E-state index contributed by atoms with van der Waals surface area (Å²) < 4.78 is 28.6. The molecule has 2 aliphatic heterocycles. The fourth-order valence-electron chi connectivity index (χ4n) is 3.63. The molecular formula is C21H34N4O5S. The number of ether oxygens (including phenoxy) is 1. The van der Waals surface area contributed by atoms with Gasteiger partial charge in [-0.3, -0.25) is 19.4 Å². The van der Waals surface area contributed by atoms with Crippen LogP contribution in [0.4, 0.5) is 5.69 Å². The average molecular weight is 455 g/mol. The lowest BCUT2D eigenvalue weighted by molar-refractivity contribution is -0.138. The lowest BCUT2D eigenvalue weighted by Gasteiger charge is -2.33. The number of nitrogens with two attached hydrogens (primary N) is 1. The predicted molar refractivity (Wildman–Crippen MR) is 120 cm³/mol. The van der Waals surface area contributed by atoms with E-state index in [2.05, 4.69) is 21.9 Å². The number of fused-ring (bicyclic) bond motifs is 1. The zero-order valence-electron chi connectivity index (χ0n) is 18.9. The van der Waals surface area contributed by atoms with E-state index in [4.69, 9.17) is 5.14 Å². The predicted octanol–water partition coefficient (Wildman–Crippen LogP) is 0.750. The van der Waals surface area contributed by atoms with Crippen molar-refractivity contribution in [1.82, 2.24) is 10.2 Å². The fourth-order valence-corrected chi connectivity index (χ4v) is 4.57. The Kier molecular flexibility index (Phi) is 8.21. The molecular weight excluding hydrogens is 420 g/mol. The summed E-state index contributed by atoms with van der Waals surface area (Å²) in [6, 6.07) is 5.97. The zero-order valence-corrected chi connectivity index (χ0v) is 19.7. The van der Waals surface area contributed by atoms with E-state index in [0.29, 0.717) is 18.2 Å². The molecule has 2 aliphatic rings. The van der Waals surface area contributed by atoms with Crippen molar-refractivity contribution >= 4 is 28.1 Å². The van der Waals surface area contributed by atoms with Crippen LogP contribution in [0.25, 0.3) is 0 Å². The Labute approximate surface area is 185 Å². The molecule has 3 rings (SSSR count). The first-order valence-electron chi connectivity index (χ1n) is 10.3. The number of piperazine rings is 1. The Balaban J connectivity index is 0.000000423. The van der Waals surface area contributed by atoms with Gasteiger partial charge in [-0.25, -0.2) is 13.6 Å². The molecule has 31 heavy (non-hydrogen) atoms. The van der Waals surface area contributed by atoms with Gasteiger partial charge in [-0.15, -0.1) is 0 Å². The molecule has 174 valence electrons. The smallest absolute Gasteiger partial charge is 0.293 e. The van der Waals surface area contributed by atoms with Crippen molar-refractivity contribution in [2.24, 2.45) is 5.14 Å². The number of nitrogens with zero attached hydrogens (tertiary/aromatic N) is 2. The lowest BCUT2D eigenvalue weighted by atomic mass is 10.1. The van der Waals surface area contributed by atoms with Crippen molar-refractivity contribution < 1.29 is 22.7 Å². The van der Waals surface area contributed by atoms with Crippen LogP contribution in [0, 0.1) is 6.92 Å². The molecule has 2 atom stereocenters. The van der Waals surface area contributed by atoms with Crippen molar-refractivity contribution in [3.63, 3.8) is 0 Å². The molecule has 9 nitrogen and oxygen atoms in total. The molecule has 2 unspecified atom stereocenters. The highest BCUT2D eigenvalue weighted by molar-refractivity contribution is 7.89. The number of primary sulfonamides is 1. The van der Waals surface area contributed by atoms with Crippen LogP contribution in [0.15, 0.2) is 18.2 Å². The number of rotatable bonds is 4. The molecule has 1 aromatic rings. The minimum absolute atomic E-state index is 0.200. The van der Waals surface area contributed by atoms with Crippen molar-refractivity contribution in [3.05, 3.63) is 29.3 Å². The fraction of sp³-hybridized carbons (Fsp3) is 0.619. The van der Waals surface area contributed by atoms with Crippen molar-refractivity contribution in [3.8, 4) is 0 Å². The van der Waals surface area contributed by atoms with Gasteiger partial charge in [-0.1, -0.05) is 12.1 Å². The van der Waals surface area contributed by atoms with Gasteiger partial charge in [0.2, 0.25) is 15.9 Å². The highest BCUT2D eigenvalue weighted by atomic mass is 32.2. The van der Waals surface area contributed by atoms with Gasteiger partial charge < -0.3 is 10.1 Å². The maximum Gasteiger partial charge on any atom is 0.293 e. The molecule has 1 amide bonds. The Bertz CT molecular complexity index is 898. The van der Waals surface area contributed by atoms with E-state index >= 15 is 0 Å². The summed E-state index contributed by atoms with van der Waals surface area (Å²) in [6.45, 7) is 12.5. The largest absolute Gasteiger partial charge is 0.462 e. The summed E-state index contributed by atoms with van der Waals surface area (Å²) >= 11 is 0. The molecule has 1 aromatic carbocycles. The van der Waals surface area contributed by atoms with E-state index in [0.717, 1.165) is 30.8 Å². The number of sulfonamides is 1. The van der Waals surface area contributed by atoms with Gasteiger partial charge in [0, 0.05) is 37.8 Å². The number of aryl methyl sites for hydroxylation is 1. The maximum atomic E-state index is 12.9. The van der Waals surface area contributed by atoms with E-state index in [1.165, 1.54) is 4.90 Å². The van der Waals surface area contributed by atoms with Crippen LogP contribution < -0.4 is 15.4 Å². The van der Waals surface area contributed by atoms with E-state index in [1.54, 1.807) is 0 Å². The number of nitrogens with one attached hydrogen (secondary N) is 1. The molecule has 0 aromatic heterocycles. The summed E-state index contributed by atoms with van der Waals surface area (Å²) in [5.41, 5.74) is 2.18. The van der Waals surface area contributed by atoms with E-state index in [-0.39, 0.29) is 24.5 Å². The number of hydrogen-bond donors (Lipinski definition) is 2. The lowest BCUT2D eigenvalue weighted by Crippen LogP contribution is -2.54. The highest BCUT2D eigenvalue weighted by Crippen LogP contribution is 2.34. The van der Waals surface area contributed by atoms with Crippen LogP contribution >= 0.6 is 0 Å². The molecule has 3 N–H and O–H groups in total. The van der Waals surface area contributed by atoms with Crippen LogP contribution in [-0.2, 0) is 30.8 Å². The van der Waals surface area contributed by atoms with Gasteiger partial charge in [0.05, 0.1) is 6.54 Å².